The van der Waals surface area contributed by atoms with E-state index in [1.165, 1.54) is 0 Å². The second kappa shape index (κ2) is 9.17. The van der Waals surface area contributed by atoms with Crippen LogP contribution in [0.2, 0.25) is 5.02 Å². The van der Waals surface area contributed by atoms with Crippen LogP contribution in [0.5, 0.6) is 5.75 Å². The molecule has 2 aromatic carbocycles. The molecule has 4 rings (SSSR count). The number of aromatic nitrogens is 2. The van der Waals surface area contributed by atoms with E-state index in [9.17, 15) is 4.79 Å². The summed E-state index contributed by atoms with van der Waals surface area (Å²) < 4.78 is 8.31. The van der Waals surface area contributed by atoms with E-state index in [1.54, 1.807) is 28.1 Å². The molecule has 2 heterocycles. The molecule has 8 nitrogen and oxygen atoms in total. The molecule has 0 unspecified atom stereocenters. The zero-order valence-electron chi connectivity index (χ0n) is 16.8. The van der Waals surface area contributed by atoms with Crippen LogP contribution in [0.3, 0.4) is 0 Å². The predicted molar refractivity (Wildman–Crippen MR) is 123 cm³/mol. The lowest BCUT2D eigenvalue weighted by atomic mass is 10.1. The lowest BCUT2D eigenvalue weighted by Gasteiger charge is -2.19. The third kappa shape index (κ3) is 4.48. The second-order valence-corrected chi connectivity index (χ2v) is 8.17. The lowest BCUT2D eigenvalue weighted by molar-refractivity contribution is 0.150. The van der Waals surface area contributed by atoms with Crippen LogP contribution in [0.4, 0.5) is 16.2 Å². The molecular formula is C21H21BrClN5O3. The summed E-state index contributed by atoms with van der Waals surface area (Å²) in [5, 5.41) is 9.26. The van der Waals surface area contributed by atoms with Gasteiger partial charge < -0.3 is 15.3 Å². The fourth-order valence-electron chi connectivity index (χ4n) is 3.50. The molecule has 162 valence electrons. The summed E-state index contributed by atoms with van der Waals surface area (Å²) in [6.07, 6.45) is 1.82. The van der Waals surface area contributed by atoms with Crippen molar-refractivity contribution in [3.8, 4) is 17.0 Å². The quantitative estimate of drug-likeness (QED) is 0.516. The van der Waals surface area contributed by atoms with Gasteiger partial charge in [-0.05, 0) is 58.2 Å². The number of carbonyl (C=O) groups is 1. The Kier molecular flexibility index (Phi) is 6.35. The van der Waals surface area contributed by atoms with E-state index in [0.717, 1.165) is 27.0 Å². The number of nitrogens with one attached hydrogen (secondary N) is 1. The lowest BCUT2D eigenvalue weighted by Crippen LogP contribution is -2.28. The number of hydrogen-bond acceptors (Lipinski definition) is 6. The summed E-state index contributed by atoms with van der Waals surface area (Å²) in [7, 11) is 1.83. The Balaban J connectivity index is 1.55. The number of nitrogens with two attached hydrogens (primary N) is 1. The zero-order chi connectivity index (χ0) is 22.0. The van der Waals surface area contributed by atoms with E-state index in [1.807, 2.05) is 31.3 Å². The van der Waals surface area contributed by atoms with E-state index in [-0.39, 0.29) is 0 Å². The van der Waals surface area contributed by atoms with Gasteiger partial charge in [-0.2, -0.15) is 5.10 Å². The third-order valence-electron chi connectivity index (χ3n) is 4.87. The van der Waals surface area contributed by atoms with Crippen LogP contribution in [0.15, 0.2) is 47.1 Å². The Bertz CT molecular complexity index is 1100. The Hall–Kier alpha value is -2.75. The number of amides is 1. The molecule has 1 aromatic heterocycles. The van der Waals surface area contributed by atoms with Gasteiger partial charge >= 0.3 is 6.09 Å². The molecule has 0 aliphatic carbocycles. The second-order valence-electron chi connectivity index (χ2n) is 6.91. The number of ether oxygens (including phenoxy) is 1. The molecule has 0 saturated carbocycles. The van der Waals surface area contributed by atoms with Crippen molar-refractivity contribution in [1.82, 2.24) is 9.78 Å². The zero-order valence-corrected chi connectivity index (χ0v) is 19.1. The molecule has 0 saturated heterocycles. The molecule has 0 spiro atoms. The minimum atomic E-state index is -0.599. The van der Waals surface area contributed by atoms with Crippen molar-refractivity contribution >= 4 is 45.0 Å². The van der Waals surface area contributed by atoms with Crippen molar-refractivity contribution < 1.29 is 14.4 Å². The van der Waals surface area contributed by atoms with Crippen LogP contribution in [0.25, 0.3) is 11.3 Å². The van der Waals surface area contributed by atoms with Gasteiger partial charge in [0, 0.05) is 29.9 Å². The van der Waals surface area contributed by atoms with Crippen LogP contribution in [0.1, 0.15) is 5.56 Å². The Labute approximate surface area is 192 Å². The Morgan fingerprint density at radius 2 is 2.19 bits per heavy atom. The maximum atomic E-state index is 12.6. The monoisotopic (exact) mass is 505 g/mol. The molecule has 1 amide bonds. The number of anilines is 2. The summed E-state index contributed by atoms with van der Waals surface area (Å²) in [6, 6.07) is 10.9. The molecule has 0 atom stereocenters. The standard InChI is InChI=1S/C21H21BrClN5O3/c1-27-20(16(22)12-25-27)15-11-13(5-6-19(15)30-10-8-24)26-21(29)31-28-9-7-14-17(23)3-2-4-18(14)28/h2-6,11-12H,7-10,24H2,1H3,(H,26,29). The summed E-state index contributed by atoms with van der Waals surface area (Å²) in [4.78, 5) is 18.1. The number of aryl methyl sites for hydroxylation is 1. The molecule has 31 heavy (non-hydrogen) atoms. The maximum Gasteiger partial charge on any atom is 0.436 e. The predicted octanol–water partition coefficient (Wildman–Crippen LogP) is 4.37. The number of fused-ring (bicyclic) bond motifs is 1. The normalized spacial score (nSPS) is 12.6. The largest absolute Gasteiger partial charge is 0.492 e. The van der Waals surface area contributed by atoms with Gasteiger partial charge in [0.25, 0.3) is 0 Å². The maximum absolute atomic E-state index is 12.6. The van der Waals surface area contributed by atoms with Crippen molar-refractivity contribution in [3.05, 3.63) is 57.7 Å². The van der Waals surface area contributed by atoms with E-state index < -0.39 is 6.09 Å². The Morgan fingerprint density at radius 3 is 2.94 bits per heavy atom. The fourth-order valence-corrected chi connectivity index (χ4v) is 4.32. The molecule has 3 N–H and O–H groups in total. The van der Waals surface area contributed by atoms with E-state index >= 15 is 0 Å². The van der Waals surface area contributed by atoms with Gasteiger partial charge in [-0.1, -0.05) is 17.7 Å². The minimum Gasteiger partial charge on any atom is -0.492 e. The van der Waals surface area contributed by atoms with Crippen LogP contribution in [0, 0.1) is 0 Å². The van der Waals surface area contributed by atoms with Crippen molar-refractivity contribution in [2.24, 2.45) is 12.8 Å². The SMILES string of the molecule is Cn1ncc(Br)c1-c1cc(NC(=O)ON2CCc3c(Cl)cccc32)ccc1OCCN. The molecule has 0 radical (unpaired) electrons. The van der Waals surface area contributed by atoms with Gasteiger partial charge in [0.05, 0.1) is 28.6 Å². The van der Waals surface area contributed by atoms with Crippen molar-refractivity contribution in [1.29, 1.82) is 0 Å². The smallest absolute Gasteiger partial charge is 0.436 e. The molecule has 1 aliphatic rings. The molecule has 0 bridgehead atoms. The average molecular weight is 507 g/mol. The highest BCUT2D eigenvalue weighted by atomic mass is 79.9. The van der Waals surface area contributed by atoms with E-state index in [0.29, 0.717) is 42.6 Å². The summed E-state index contributed by atoms with van der Waals surface area (Å²) >= 11 is 9.75. The van der Waals surface area contributed by atoms with Gasteiger partial charge in [0.2, 0.25) is 0 Å². The fraction of sp³-hybridized carbons (Fsp3) is 0.238. The van der Waals surface area contributed by atoms with Gasteiger partial charge in [-0.3, -0.25) is 10.00 Å². The summed E-state index contributed by atoms with van der Waals surface area (Å²) in [5.74, 6) is 0.636. The van der Waals surface area contributed by atoms with Crippen LogP contribution < -0.4 is 20.9 Å². The first-order valence-corrected chi connectivity index (χ1v) is 10.8. The first-order valence-electron chi connectivity index (χ1n) is 9.66. The van der Waals surface area contributed by atoms with Gasteiger partial charge in [0.15, 0.2) is 0 Å². The van der Waals surface area contributed by atoms with Crippen molar-refractivity contribution in [2.45, 2.75) is 6.42 Å². The third-order valence-corrected chi connectivity index (χ3v) is 5.81. The first-order chi connectivity index (χ1) is 15.0. The number of nitrogens with zero attached hydrogens (tertiary/aromatic N) is 3. The molecule has 0 fully saturated rings. The average Bonchev–Trinajstić information content (AvgIpc) is 3.30. The van der Waals surface area contributed by atoms with E-state index in [2.05, 4.69) is 26.3 Å². The number of hydroxylamine groups is 1. The highest BCUT2D eigenvalue weighted by Gasteiger charge is 2.25. The summed E-state index contributed by atoms with van der Waals surface area (Å²) in [6.45, 7) is 1.30. The first kappa shape index (κ1) is 21.5. The minimum absolute atomic E-state index is 0.369. The topological polar surface area (TPSA) is 94.6 Å². The number of benzene rings is 2. The van der Waals surface area contributed by atoms with Crippen LogP contribution in [-0.4, -0.2) is 35.6 Å². The number of rotatable bonds is 6. The number of halogens is 2. The van der Waals surface area contributed by atoms with Crippen molar-refractivity contribution in [2.75, 3.05) is 30.1 Å². The van der Waals surface area contributed by atoms with Gasteiger partial charge in [-0.15, -0.1) is 0 Å². The van der Waals surface area contributed by atoms with Crippen LogP contribution >= 0.6 is 27.5 Å². The number of hydrogen-bond donors (Lipinski definition) is 2. The van der Waals surface area contributed by atoms with Gasteiger partial charge in [-0.25, -0.2) is 9.86 Å². The summed E-state index contributed by atoms with van der Waals surface area (Å²) in [5.41, 5.74) is 9.48. The molecule has 10 heteroatoms. The van der Waals surface area contributed by atoms with Crippen molar-refractivity contribution in [3.63, 3.8) is 0 Å². The van der Waals surface area contributed by atoms with E-state index in [4.69, 9.17) is 26.9 Å². The number of carbonyl (C=O) groups excluding carboxylic acids is 1. The highest BCUT2D eigenvalue weighted by Crippen LogP contribution is 2.37. The highest BCUT2D eigenvalue weighted by molar-refractivity contribution is 9.10. The molecule has 3 aromatic rings. The molecular weight excluding hydrogens is 486 g/mol. The van der Waals surface area contributed by atoms with Crippen LogP contribution in [-0.2, 0) is 18.3 Å². The molecule has 1 aliphatic heterocycles. The van der Waals surface area contributed by atoms with Gasteiger partial charge in [0.1, 0.15) is 12.4 Å². The Morgan fingerprint density at radius 1 is 1.35 bits per heavy atom.